The molecule has 1 fully saturated rings. The molecular weight excluding hydrogens is 229 g/mol. The number of benzene rings is 1. The van der Waals surface area contributed by atoms with Crippen LogP contribution in [0.5, 0.6) is 0 Å². The van der Waals surface area contributed by atoms with Crippen molar-refractivity contribution in [2.45, 2.75) is 32.7 Å². The summed E-state index contributed by atoms with van der Waals surface area (Å²) >= 11 is 0. The van der Waals surface area contributed by atoms with Crippen molar-refractivity contribution < 1.29 is 9.13 Å². The molecule has 1 saturated heterocycles. The Labute approximate surface area is 109 Å². The van der Waals surface area contributed by atoms with Crippen molar-refractivity contribution in [1.82, 2.24) is 5.32 Å². The number of hydrogen-bond acceptors (Lipinski definition) is 2. The molecule has 1 aromatic rings. The van der Waals surface area contributed by atoms with Crippen LogP contribution in [0.2, 0.25) is 0 Å². The van der Waals surface area contributed by atoms with Gasteiger partial charge in [-0.2, -0.15) is 0 Å². The molecule has 0 radical (unpaired) electrons. The summed E-state index contributed by atoms with van der Waals surface area (Å²) in [6, 6.07) is 5.41. The van der Waals surface area contributed by atoms with E-state index in [-0.39, 0.29) is 11.9 Å². The Morgan fingerprint density at radius 2 is 2.33 bits per heavy atom. The zero-order valence-corrected chi connectivity index (χ0v) is 11.2. The first-order valence-corrected chi connectivity index (χ1v) is 6.79. The predicted octanol–water partition coefficient (Wildman–Crippen LogP) is 3.21. The molecule has 0 amide bonds. The second-order valence-electron chi connectivity index (χ2n) is 5.04. The molecule has 18 heavy (non-hydrogen) atoms. The lowest BCUT2D eigenvalue weighted by Crippen LogP contribution is -2.34. The minimum Gasteiger partial charge on any atom is -0.381 e. The van der Waals surface area contributed by atoms with Crippen molar-refractivity contribution in [2.75, 3.05) is 19.8 Å². The van der Waals surface area contributed by atoms with Gasteiger partial charge in [-0.1, -0.05) is 24.6 Å². The smallest absolute Gasteiger partial charge is 0.128 e. The summed E-state index contributed by atoms with van der Waals surface area (Å²) in [5, 5.41) is 3.42. The molecule has 1 N–H and O–H groups in total. The monoisotopic (exact) mass is 251 g/mol. The molecule has 1 aliphatic rings. The first kappa shape index (κ1) is 13.5. The van der Waals surface area contributed by atoms with E-state index in [0.717, 1.165) is 43.7 Å². The lowest BCUT2D eigenvalue weighted by molar-refractivity contribution is 0.0387. The molecule has 2 unspecified atom stereocenters. The van der Waals surface area contributed by atoms with E-state index >= 15 is 0 Å². The van der Waals surface area contributed by atoms with Crippen molar-refractivity contribution in [2.24, 2.45) is 5.92 Å². The van der Waals surface area contributed by atoms with Gasteiger partial charge in [0, 0.05) is 24.1 Å². The number of aryl methyl sites for hydroxylation is 1. The van der Waals surface area contributed by atoms with Crippen LogP contribution in [0.1, 0.15) is 36.9 Å². The number of hydrogen-bond donors (Lipinski definition) is 1. The van der Waals surface area contributed by atoms with E-state index in [1.807, 2.05) is 19.1 Å². The maximum absolute atomic E-state index is 14.0. The highest BCUT2D eigenvalue weighted by Crippen LogP contribution is 2.30. The standard InChI is InChI=1S/C15H22FNO/c1-3-17-15(12-5-4-8-18-10-12)13-9-11(2)6-7-14(13)16/h6-7,9,12,15,17H,3-5,8,10H2,1-2H3. The van der Waals surface area contributed by atoms with Gasteiger partial charge in [0.15, 0.2) is 0 Å². The van der Waals surface area contributed by atoms with E-state index in [1.54, 1.807) is 6.07 Å². The summed E-state index contributed by atoms with van der Waals surface area (Å²) in [4.78, 5) is 0. The fraction of sp³-hybridized carbons (Fsp3) is 0.600. The SMILES string of the molecule is CCNC(c1cc(C)ccc1F)C1CCCOC1. The molecule has 3 heteroatoms. The van der Waals surface area contributed by atoms with E-state index in [9.17, 15) is 4.39 Å². The summed E-state index contributed by atoms with van der Waals surface area (Å²) in [6.07, 6.45) is 2.17. The highest BCUT2D eigenvalue weighted by Gasteiger charge is 2.26. The van der Waals surface area contributed by atoms with Crippen LogP contribution in [0.15, 0.2) is 18.2 Å². The molecule has 1 aliphatic heterocycles. The topological polar surface area (TPSA) is 21.3 Å². The van der Waals surface area contributed by atoms with E-state index in [0.29, 0.717) is 5.92 Å². The molecular formula is C15H22FNO. The quantitative estimate of drug-likeness (QED) is 0.887. The van der Waals surface area contributed by atoms with E-state index in [4.69, 9.17) is 4.74 Å². The Balaban J connectivity index is 2.24. The number of rotatable bonds is 4. The van der Waals surface area contributed by atoms with Gasteiger partial charge >= 0.3 is 0 Å². The van der Waals surface area contributed by atoms with Gasteiger partial charge in [0.25, 0.3) is 0 Å². The summed E-state index contributed by atoms with van der Waals surface area (Å²) in [7, 11) is 0. The summed E-state index contributed by atoms with van der Waals surface area (Å²) in [6.45, 7) is 6.47. The van der Waals surface area contributed by atoms with Gasteiger partial charge in [0.2, 0.25) is 0 Å². The highest BCUT2D eigenvalue weighted by atomic mass is 19.1. The van der Waals surface area contributed by atoms with Crippen LogP contribution in [0.4, 0.5) is 4.39 Å². The average Bonchev–Trinajstić information content (AvgIpc) is 2.40. The van der Waals surface area contributed by atoms with Crippen molar-refractivity contribution in [3.63, 3.8) is 0 Å². The lowest BCUT2D eigenvalue weighted by atomic mass is 9.88. The molecule has 0 aliphatic carbocycles. The van der Waals surface area contributed by atoms with Crippen molar-refractivity contribution in [1.29, 1.82) is 0 Å². The van der Waals surface area contributed by atoms with Crippen LogP contribution in [0.25, 0.3) is 0 Å². The highest BCUT2D eigenvalue weighted by molar-refractivity contribution is 5.27. The Kier molecular flexibility index (Phi) is 4.72. The van der Waals surface area contributed by atoms with Crippen LogP contribution in [0, 0.1) is 18.7 Å². The van der Waals surface area contributed by atoms with E-state index in [2.05, 4.69) is 12.2 Å². The summed E-state index contributed by atoms with van der Waals surface area (Å²) in [5.41, 5.74) is 1.89. The fourth-order valence-corrected chi connectivity index (χ4v) is 2.68. The minimum atomic E-state index is -0.114. The molecule has 0 bridgehead atoms. The zero-order chi connectivity index (χ0) is 13.0. The molecule has 1 aromatic carbocycles. The second kappa shape index (κ2) is 6.30. The Hall–Kier alpha value is -0.930. The van der Waals surface area contributed by atoms with Gasteiger partial charge < -0.3 is 10.1 Å². The molecule has 2 nitrogen and oxygen atoms in total. The molecule has 2 rings (SSSR count). The Morgan fingerprint density at radius 1 is 1.50 bits per heavy atom. The van der Waals surface area contributed by atoms with Gasteiger partial charge in [0.1, 0.15) is 5.82 Å². The average molecular weight is 251 g/mol. The third kappa shape index (κ3) is 3.09. The largest absolute Gasteiger partial charge is 0.381 e. The van der Waals surface area contributed by atoms with E-state index in [1.165, 1.54) is 0 Å². The van der Waals surface area contributed by atoms with Crippen LogP contribution in [-0.4, -0.2) is 19.8 Å². The lowest BCUT2D eigenvalue weighted by Gasteiger charge is -2.31. The van der Waals surface area contributed by atoms with Gasteiger partial charge in [-0.25, -0.2) is 4.39 Å². The molecule has 0 saturated carbocycles. The Morgan fingerprint density at radius 3 is 3.00 bits per heavy atom. The Bertz CT molecular complexity index is 388. The second-order valence-corrected chi connectivity index (χ2v) is 5.04. The molecule has 1 heterocycles. The van der Waals surface area contributed by atoms with Crippen LogP contribution in [-0.2, 0) is 4.74 Å². The first-order chi connectivity index (χ1) is 8.72. The fourth-order valence-electron chi connectivity index (χ4n) is 2.68. The predicted molar refractivity (Wildman–Crippen MR) is 71.1 cm³/mol. The van der Waals surface area contributed by atoms with Crippen molar-refractivity contribution >= 4 is 0 Å². The summed E-state index contributed by atoms with van der Waals surface area (Å²) < 4.78 is 19.6. The van der Waals surface area contributed by atoms with Gasteiger partial charge in [0.05, 0.1) is 6.61 Å². The van der Waals surface area contributed by atoms with Gasteiger partial charge in [-0.15, -0.1) is 0 Å². The molecule has 2 atom stereocenters. The molecule has 0 aromatic heterocycles. The van der Waals surface area contributed by atoms with Crippen LogP contribution >= 0.6 is 0 Å². The summed E-state index contributed by atoms with van der Waals surface area (Å²) in [5.74, 6) is 0.257. The van der Waals surface area contributed by atoms with Crippen molar-refractivity contribution in [3.05, 3.63) is 35.1 Å². The van der Waals surface area contributed by atoms with Crippen molar-refractivity contribution in [3.8, 4) is 0 Å². The van der Waals surface area contributed by atoms with E-state index < -0.39 is 0 Å². The first-order valence-electron chi connectivity index (χ1n) is 6.79. The van der Waals surface area contributed by atoms with Crippen LogP contribution in [0.3, 0.4) is 0 Å². The maximum Gasteiger partial charge on any atom is 0.128 e. The number of nitrogens with one attached hydrogen (secondary N) is 1. The number of halogens is 1. The molecule has 100 valence electrons. The third-order valence-electron chi connectivity index (χ3n) is 3.58. The number of ether oxygens (including phenoxy) is 1. The minimum absolute atomic E-state index is 0.0650. The maximum atomic E-state index is 14.0. The molecule has 0 spiro atoms. The normalized spacial score (nSPS) is 21.8. The van der Waals surface area contributed by atoms with Gasteiger partial charge in [-0.05, 0) is 32.4 Å². The zero-order valence-electron chi connectivity index (χ0n) is 11.2. The third-order valence-corrected chi connectivity index (χ3v) is 3.58. The van der Waals surface area contributed by atoms with Gasteiger partial charge in [-0.3, -0.25) is 0 Å². The van der Waals surface area contributed by atoms with Crippen LogP contribution < -0.4 is 5.32 Å².